The largest absolute Gasteiger partial charge is 0.481 e. The number of carbonyl (C=O) groups is 4. The topological polar surface area (TPSA) is 139 Å². The van der Waals surface area contributed by atoms with Crippen molar-refractivity contribution in [2.24, 2.45) is 11.7 Å². The van der Waals surface area contributed by atoms with E-state index in [4.69, 9.17) is 10.8 Å². The van der Waals surface area contributed by atoms with Crippen LogP contribution in [0.25, 0.3) is 0 Å². The highest BCUT2D eigenvalue weighted by Gasteiger charge is 2.22. The lowest BCUT2D eigenvalue weighted by atomic mass is 10.0. The van der Waals surface area contributed by atoms with E-state index in [2.05, 4.69) is 5.32 Å². The Morgan fingerprint density at radius 3 is 2.16 bits per heavy atom. The predicted molar refractivity (Wildman–Crippen MR) is 66.0 cm³/mol. The van der Waals surface area contributed by atoms with Gasteiger partial charge in [-0.3, -0.25) is 19.7 Å². The number of aliphatic carboxylic acids is 1. The van der Waals surface area contributed by atoms with E-state index >= 15 is 0 Å². The lowest BCUT2D eigenvalue weighted by Gasteiger charge is -2.18. The summed E-state index contributed by atoms with van der Waals surface area (Å²) in [4.78, 5) is 44.0. The van der Waals surface area contributed by atoms with E-state index < -0.39 is 29.9 Å². The van der Waals surface area contributed by atoms with Gasteiger partial charge in [-0.2, -0.15) is 0 Å². The lowest BCUT2D eigenvalue weighted by Crippen LogP contribution is -2.52. The number of carbonyl (C=O) groups excluding carboxylic acids is 3. The molecule has 8 nitrogen and oxygen atoms in total. The van der Waals surface area contributed by atoms with Gasteiger partial charge in [-0.1, -0.05) is 13.8 Å². The van der Waals surface area contributed by atoms with Gasteiger partial charge >= 0.3 is 12.0 Å². The van der Waals surface area contributed by atoms with Gasteiger partial charge in [0.1, 0.15) is 6.04 Å². The average Bonchev–Trinajstić information content (AvgIpc) is 2.24. The Morgan fingerprint density at radius 2 is 1.74 bits per heavy atom. The van der Waals surface area contributed by atoms with Crippen LogP contribution in [-0.2, 0) is 14.4 Å². The summed E-state index contributed by atoms with van der Waals surface area (Å²) < 4.78 is 0. The molecule has 0 aliphatic heterocycles. The quantitative estimate of drug-likeness (QED) is 0.499. The number of nitrogens with one attached hydrogen (secondary N) is 2. The van der Waals surface area contributed by atoms with Crippen LogP contribution in [0.15, 0.2) is 0 Å². The van der Waals surface area contributed by atoms with Crippen molar-refractivity contribution in [3.63, 3.8) is 0 Å². The van der Waals surface area contributed by atoms with Crippen LogP contribution in [0.2, 0.25) is 0 Å². The van der Waals surface area contributed by atoms with Crippen LogP contribution >= 0.6 is 0 Å². The molecule has 0 saturated heterocycles. The van der Waals surface area contributed by atoms with Gasteiger partial charge in [0, 0.05) is 12.8 Å². The Bertz CT molecular complexity index is 367. The number of imide groups is 1. The summed E-state index contributed by atoms with van der Waals surface area (Å²) in [6.45, 7) is 3.40. The third-order valence-corrected chi connectivity index (χ3v) is 2.31. The van der Waals surface area contributed by atoms with E-state index in [1.807, 2.05) is 5.32 Å². The van der Waals surface area contributed by atoms with E-state index in [9.17, 15) is 19.2 Å². The molecule has 0 aromatic heterocycles. The fourth-order valence-corrected chi connectivity index (χ4v) is 1.33. The molecule has 4 amide bonds. The first-order valence-corrected chi connectivity index (χ1v) is 5.85. The number of amides is 4. The van der Waals surface area contributed by atoms with Crippen molar-refractivity contribution >= 4 is 23.8 Å². The molecule has 1 atom stereocenters. The minimum atomic E-state index is -1.01. The Balaban J connectivity index is 4.12. The maximum Gasteiger partial charge on any atom is 0.322 e. The lowest BCUT2D eigenvalue weighted by molar-refractivity contribution is -0.137. The summed E-state index contributed by atoms with van der Waals surface area (Å²) in [5, 5.41) is 12.7. The molecule has 0 fully saturated rings. The van der Waals surface area contributed by atoms with Gasteiger partial charge in [0.2, 0.25) is 11.8 Å². The number of carboxylic acid groups (broad SMARTS) is 1. The monoisotopic (exact) mass is 273 g/mol. The molecule has 8 heteroatoms. The minimum Gasteiger partial charge on any atom is -0.481 e. The molecule has 0 heterocycles. The molecule has 0 saturated carbocycles. The molecule has 0 radical (unpaired) electrons. The van der Waals surface area contributed by atoms with Gasteiger partial charge in [0.05, 0.1) is 0 Å². The maximum absolute atomic E-state index is 11.4. The first kappa shape index (κ1) is 16.9. The zero-order valence-corrected chi connectivity index (χ0v) is 10.9. The van der Waals surface area contributed by atoms with E-state index in [0.29, 0.717) is 0 Å². The number of hydrogen-bond acceptors (Lipinski definition) is 4. The Labute approximate surface area is 110 Å². The third kappa shape index (κ3) is 7.74. The highest BCUT2D eigenvalue weighted by molar-refractivity contribution is 5.96. The summed E-state index contributed by atoms with van der Waals surface area (Å²) in [6, 6.07) is -1.69. The van der Waals surface area contributed by atoms with Crippen molar-refractivity contribution in [2.75, 3.05) is 0 Å². The standard InChI is InChI=1S/C11H19N3O5/c1-6(2)9(10(12)18)14-11(19)13-7(15)4-3-5-8(16)17/h6,9H,3-5H2,1-2H3,(H2,12,18)(H,16,17)(H2,13,14,15,19). The van der Waals surface area contributed by atoms with Crippen LogP contribution in [-0.4, -0.2) is 35.0 Å². The highest BCUT2D eigenvalue weighted by Crippen LogP contribution is 2.00. The molecule has 108 valence electrons. The third-order valence-electron chi connectivity index (χ3n) is 2.31. The first-order chi connectivity index (χ1) is 8.73. The molecule has 0 aromatic rings. The average molecular weight is 273 g/mol. The molecule has 0 rings (SSSR count). The van der Waals surface area contributed by atoms with Gasteiger partial charge in [0.25, 0.3) is 0 Å². The zero-order chi connectivity index (χ0) is 15.0. The molecule has 0 aliphatic carbocycles. The minimum absolute atomic E-state index is 0.0807. The summed E-state index contributed by atoms with van der Waals surface area (Å²) in [7, 11) is 0. The smallest absolute Gasteiger partial charge is 0.322 e. The summed E-state index contributed by atoms with van der Waals surface area (Å²) in [5.74, 6) is -2.51. The van der Waals surface area contributed by atoms with E-state index in [1.165, 1.54) is 0 Å². The fourth-order valence-electron chi connectivity index (χ4n) is 1.33. The van der Waals surface area contributed by atoms with E-state index in [1.54, 1.807) is 13.8 Å². The second-order valence-electron chi connectivity index (χ2n) is 4.39. The Kier molecular flexibility index (Phi) is 7.16. The summed E-state index contributed by atoms with van der Waals surface area (Å²) in [5.41, 5.74) is 5.10. The van der Waals surface area contributed by atoms with Crippen LogP contribution in [0.4, 0.5) is 4.79 Å². The maximum atomic E-state index is 11.4. The summed E-state index contributed by atoms with van der Waals surface area (Å²) >= 11 is 0. The predicted octanol–water partition coefficient (Wildman–Crippen LogP) is -0.423. The first-order valence-electron chi connectivity index (χ1n) is 5.85. The van der Waals surface area contributed by atoms with Gasteiger partial charge in [-0.05, 0) is 12.3 Å². The Hall–Kier alpha value is -2.12. The van der Waals surface area contributed by atoms with Crippen LogP contribution < -0.4 is 16.4 Å². The van der Waals surface area contributed by atoms with Crippen molar-refractivity contribution in [3.05, 3.63) is 0 Å². The van der Waals surface area contributed by atoms with Crippen molar-refractivity contribution in [1.82, 2.24) is 10.6 Å². The second kappa shape index (κ2) is 8.06. The van der Waals surface area contributed by atoms with E-state index in [-0.39, 0.29) is 25.2 Å². The fraction of sp³-hybridized carbons (Fsp3) is 0.636. The number of hydrogen-bond donors (Lipinski definition) is 4. The van der Waals surface area contributed by atoms with Gasteiger partial charge < -0.3 is 16.2 Å². The number of urea groups is 1. The molecular formula is C11H19N3O5. The molecule has 0 aliphatic rings. The SMILES string of the molecule is CC(C)C(NC(=O)NC(=O)CCCC(=O)O)C(N)=O. The summed E-state index contributed by atoms with van der Waals surface area (Å²) in [6.07, 6.45) is -0.0918. The zero-order valence-electron chi connectivity index (χ0n) is 10.9. The van der Waals surface area contributed by atoms with E-state index in [0.717, 1.165) is 0 Å². The molecule has 0 aromatic carbocycles. The second-order valence-corrected chi connectivity index (χ2v) is 4.39. The van der Waals surface area contributed by atoms with Crippen molar-refractivity contribution < 1.29 is 24.3 Å². The van der Waals surface area contributed by atoms with Crippen LogP contribution in [0, 0.1) is 5.92 Å². The van der Waals surface area contributed by atoms with Crippen LogP contribution in [0.3, 0.4) is 0 Å². The molecule has 19 heavy (non-hydrogen) atoms. The molecule has 1 unspecified atom stereocenters. The van der Waals surface area contributed by atoms with Gasteiger partial charge in [-0.15, -0.1) is 0 Å². The molecular weight excluding hydrogens is 254 g/mol. The number of nitrogens with two attached hydrogens (primary N) is 1. The molecule has 0 spiro atoms. The number of carboxylic acids is 1. The number of primary amides is 1. The Morgan fingerprint density at radius 1 is 1.16 bits per heavy atom. The highest BCUT2D eigenvalue weighted by atomic mass is 16.4. The number of rotatable bonds is 7. The molecule has 5 N–H and O–H groups in total. The van der Waals surface area contributed by atoms with Gasteiger partial charge in [0.15, 0.2) is 0 Å². The van der Waals surface area contributed by atoms with Crippen molar-refractivity contribution in [3.8, 4) is 0 Å². The van der Waals surface area contributed by atoms with Crippen molar-refractivity contribution in [2.45, 2.75) is 39.2 Å². The molecule has 0 bridgehead atoms. The van der Waals surface area contributed by atoms with Crippen LogP contribution in [0.5, 0.6) is 0 Å². The van der Waals surface area contributed by atoms with Crippen molar-refractivity contribution in [1.29, 1.82) is 0 Å². The van der Waals surface area contributed by atoms with Crippen LogP contribution in [0.1, 0.15) is 33.1 Å². The van der Waals surface area contributed by atoms with Gasteiger partial charge in [-0.25, -0.2) is 4.79 Å². The normalized spacial score (nSPS) is 11.7.